The van der Waals surface area contributed by atoms with E-state index < -0.39 is 35.2 Å². The Hall–Kier alpha value is -5.10. The molecule has 2 aliphatic heterocycles. The normalized spacial score (nSPS) is 19.3. The first kappa shape index (κ1) is 27.1. The maximum atomic E-state index is 13.0. The van der Waals surface area contributed by atoms with E-state index in [1.54, 1.807) is 78.2 Å². The van der Waals surface area contributed by atoms with Crippen LogP contribution in [-0.4, -0.2) is 68.4 Å². The Morgan fingerprint density at radius 3 is 2.52 bits per heavy atom. The summed E-state index contributed by atoms with van der Waals surface area (Å²) in [6, 6.07) is 20.6. The van der Waals surface area contributed by atoms with Crippen molar-refractivity contribution in [3.8, 4) is 22.9 Å². The van der Waals surface area contributed by atoms with Gasteiger partial charge in [0.1, 0.15) is 35.3 Å². The summed E-state index contributed by atoms with van der Waals surface area (Å²) in [7, 11) is 0. The lowest BCUT2D eigenvalue weighted by Crippen LogP contribution is -2.74. The van der Waals surface area contributed by atoms with Crippen LogP contribution in [0.1, 0.15) is 0 Å². The second-order valence-electron chi connectivity index (χ2n) is 9.57. The molecule has 3 N–H and O–H groups in total. The van der Waals surface area contributed by atoms with E-state index in [1.807, 2.05) is 6.07 Å². The summed E-state index contributed by atoms with van der Waals surface area (Å²) < 4.78 is 11.5. The van der Waals surface area contributed by atoms with E-state index in [2.05, 4.69) is 15.3 Å². The van der Waals surface area contributed by atoms with Crippen molar-refractivity contribution in [1.29, 1.82) is 0 Å². The van der Waals surface area contributed by atoms with E-state index in [9.17, 15) is 24.3 Å². The summed E-state index contributed by atoms with van der Waals surface area (Å²) in [5.41, 5.74) is 1.12. The molecule has 42 heavy (non-hydrogen) atoms. The van der Waals surface area contributed by atoms with Gasteiger partial charge in [-0.25, -0.2) is 9.78 Å². The van der Waals surface area contributed by atoms with Crippen LogP contribution in [-0.2, 0) is 14.4 Å². The Balaban J connectivity index is 1.16. The zero-order valence-electron chi connectivity index (χ0n) is 21.9. The number of fused-ring (bicyclic) bond motifs is 2. The first-order chi connectivity index (χ1) is 20.4. The minimum Gasteiger partial charge on any atom is -0.488 e. The van der Waals surface area contributed by atoms with Gasteiger partial charge < -0.3 is 29.8 Å². The number of β-lactam (4-membered cyclic amide) rings is 1. The third-order valence-corrected chi connectivity index (χ3v) is 8.10. The number of nitrogens with one attached hydrogen (secondary N) is 2. The Kier molecular flexibility index (Phi) is 7.36. The number of para-hydroxylation sites is 3. The third-order valence-electron chi connectivity index (χ3n) is 6.88. The third kappa shape index (κ3) is 5.19. The van der Waals surface area contributed by atoms with Gasteiger partial charge in [-0.15, -0.1) is 11.8 Å². The molecule has 3 atom stereocenters. The van der Waals surface area contributed by atoms with Gasteiger partial charge in [0.05, 0.1) is 16.5 Å². The van der Waals surface area contributed by atoms with Crippen LogP contribution in [0, 0.1) is 0 Å². The average Bonchev–Trinajstić information content (AvgIpc) is 3.01. The fourth-order valence-electron chi connectivity index (χ4n) is 4.87. The highest BCUT2D eigenvalue weighted by molar-refractivity contribution is 8.03. The molecule has 12 heteroatoms. The van der Waals surface area contributed by atoms with Crippen molar-refractivity contribution in [3.05, 3.63) is 100 Å². The summed E-state index contributed by atoms with van der Waals surface area (Å²) in [6.45, 7) is -0.406. The van der Waals surface area contributed by atoms with Crippen molar-refractivity contribution in [3.63, 3.8) is 0 Å². The maximum absolute atomic E-state index is 13.0. The number of rotatable bonds is 9. The Morgan fingerprint density at radius 2 is 1.71 bits per heavy atom. The molecule has 1 unspecified atom stereocenters. The Labute approximate surface area is 243 Å². The van der Waals surface area contributed by atoms with E-state index in [0.717, 1.165) is 0 Å². The summed E-state index contributed by atoms with van der Waals surface area (Å²) in [6.07, 6.45) is 0. The predicted molar refractivity (Wildman–Crippen MR) is 155 cm³/mol. The number of hydrogen-bond acceptors (Lipinski definition) is 8. The minimum atomic E-state index is -1.26. The van der Waals surface area contributed by atoms with Crippen LogP contribution in [0.5, 0.6) is 11.5 Å². The highest BCUT2D eigenvalue weighted by atomic mass is 32.2. The van der Waals surface area contributed by atoms with Crippen molar-refractivity contribution >= 4 is 40.4 Å². The number of aliphatic carboxylic acids is 1. The SMILES string of the molecule is O=C(COc1ccccc1)N[C@@H]1C(=O)N2C(C(=O)O)C(COc3ccccc3-c3nc4ccccc4c(=O)[nH]3)=CS[C@@H]12. The van der Waals surface area contributed by atoms with Gasteiger partial charge >= 0.3 is 5.97 Å². The zero-order valence-corrected chi connectivity index (χ0v) is 22.7. The van der Waals surface area contributed by atoms with Gasteiger partial charge in [-0.2, -0.15) is 0 Å². The van der Waals surface area contributed by atoms with Crippen LogP contribution in [0.15, 0.2) is 94.6 Å². The van der Waals surface area contributed by atoms with Gasteiger partial charge in [-0.05, 0) is 41.8 Å². The number of nitrogens with zero attached hydrogens (tertiary/aromatic N) is 2. The molecule has 1 aromatic heterocycles. The van der Waals surface area contributed by atoms with Crippen LogP contribution in [0.2, 0.25) is 0 Å². The van der Waals surface area contributed by atoms with E-state index in [-0.39, 0.29) is 18.8 Å². The smallest absolute Gasteiger partial charge is 0.330 e. The molecule has 1 fully saturated rings. The molecular formula is C30H24N4O7S. The van der Waals surface area contributed by atoms with Crippen LogP contribution in [0.25, 0.3) is 22.3 Å². The first-order valence-electron chi connectivity index (χ1n) is 13.0. The predicted octanol–water partition coefficient (Wildman–Crippen LogP) is 2.78. The number of ether oxygens (including phenoxy) is 2. The summed E-state index contributed by atoms with van der Waals surface area (Å²) in [4.78, 5) is 58.9. The van der Waals surface area contributed by atoms with E-state index in [0.29, 0.717) is 39.4 Å². The lowest BCUT2D eigenvalue weighted by Gasteiger charge is -2.51. The zero-order chi connectivity index (χ0) is 29.2. The van der Waals surface area contributed by atoms with Crippen molar-refractivity contribution < 1.29 is 29.0 Å². The molecule has 3 aromatic carbocycles. The first-order valence-corrected chi connectivity index (χ1v) is 13.9. The van der Waals surface area contributed by atoms with Crippen molar-refractivity contribution in [1.82, 2.24) is 20.2 Å². The Bertz CT molecular complexity index is 1770. The molecule has 0 saturated carbocycles. The summed E-state index contributed by atoms with van der Waals surface area (Å²) in [5, 5.41) is 14.2. The number of carboxylic acid groups (broad SMARTS) is 1. The second-order valence-corrected chi connectivity index (χ2v) is 10.6. The number of carbonyl (C=O) groups excluding carboxylic acids is 2. The van der Waals surface area contributed by atoms with Crippen LogP contribution in [0.4, 0.5) is 0 Å². The van der Waals surface area contributed by atoms with E-state index >= 15 is 0 Å². The molecule has 6 rings (SSSR count). The number of H-pyrrole nitrogens is 1. The van der Waals surface area contributed by atoms with Gasteiger partial charge in [0, 0.05) is 5.57 Å². The second kappa shape index (κ2) is 11.4. The number of amides is 2. The lowest BCUT2D eigenvalue weighted by atomic mass is 9.98. The van der Waals surface area contributed by atoms with Gasteiger partial charge in [0.2, 0.25) is 5.91 Å². The molecule has 0 bridgehead atoms. The molecule has 2 aliphatic rings. The number of thioether (sulfide) groups is 1. The van der Waals surface area contributed by atoms with Gasteiger partial charge in [-0.1, -0.05) is 42.5 Å². The molecule has 0 aliphatic carbocycles. The highest BCUT2D eigenvalue weighted by Gasteiger charge is 2.56. The Morgan fingerprint density at radius 1 is 0.976 bits per heavy atom. The number of hydrogen-bond donors (Lipinski definition) is 3. The molecule has 0 spiro atoms. The topological polar surface area (TPSA) is 151 Å². The van der Waals surface area contributed by atoms with E-state index in [1.165, 1.54) is 16.7 Å². The molecule has 4 aromatic rings. The fourth-order valence-corrected chi connectivity index (χ4v) is 6.08. The minimum absolute atomic E-state index is 0.128. The van der Waals surface area contributed by atoms with Crippen LogP contribution in [0.3, 0.4) is 0 Å². The number of benzene rings is 3. The number of aromatic nitrogens is 2. The molecule has 3 heterocycles. The number of carbonyl (C=O) groups is 3. The quantitative estimate of drug-likeness (QED) is 0.252. The van der Waals surface area contributed by atoms with Crippen LogP contribution < -0.4 is 20.3 Å². The molecule has 11 nitrogen and oxygen atoms in total. The fraction of sp³-hybridized carbons (Fsp3) is 0.167. The largest absolute Gasteiger partial charge is 0.488 e. The maximum Gasteiger partial charge on any atom is 0.330 e. The van der Waals surface area contributed by atoms with Gasteiger partial charge in [0.15, 0.2) is 12.6 Å². The van der Waals surface area contributed by atoms with Crippen molar-refractivity contribution in [2.75, 3.05) is 13.2 Å². The van der Waals surface area contributed by atoms with Gasteiger partial charge in [-0.3, -0.25) is 14.4 Å². The van der Waals surface area contributed by atoms with Crippen molar-refractivity contribution in [2.45, 2.75) is 17.5 Å². The lowest BCUT2D eigenvalue weighted by molar-refractivity contribution is -0.160. The summed E-state index contributed by atoms with van der Waals surface area (Å²) in [5.74, 6) is -0.995. The molecular weight excluding hydrogens is 560 g/mol. The molecule has 212 valence electrons. The molecule has 0 radical (unpaired) electrons. The average molecular weight is 585 g/mol. The standard InChI is InChI=1S/C30H24N4O7S/c35-23(15-40-18-8-2-1-3-9-18)32-24-28(37)34-25(30(38)39)17(16-42-29(24)34)14-41-22-13-7-5-11-20(22)26-31-21-12-6-4-10-19(21)27(36)33-26/h1-13,16,24-25,29H,14-15H2,(H,32,35)(H,38,39)(H,31,33,36)/t24-,25?,29+/m1/s1. The summed E-state index contributed by atoms with van der Waals surface area (Å²) >= 11 is 1.23. The van der Waals surface area contributed by atoms with Gasteiger partial charge in [0.25, 0.3) is 11.5 Å². The molecule has 2 amide bonds. The highest BCUT2D eigenvalue weighted by Crippen LogP contribution is 2.40. The number of aromatic amines is 1. The van der Waals surface area contributed by atoms with Crippen LogP contribution >= 0.6 is 11.8 Å². The van der Waals surface area contributed by atoms with E-state index in [4.69, 9.17) is 9.47 Å². The monoisotopic (exact) mass is 584 g/mol. The molecule has 1 saturated heterocycles. The van der Waals surface area contributed by atoms with Crippen molar-refractivity contribution in [2.24, 2.45) is 0 Å². The number of carboxylic acids is 1.